The Labute approximate surface area is 255 Å². The first-order valence-electron chi connectivity index (χ1n) is 14.5. The number of rotatable bonds is 5. The molecule has 214 valence electrons. The van der Waals surface area contributed by atoms with E-state index >= 15 is 0 Å². The van der Waals surface area contributed by atoms with E-state index in [0.717, 1.165) is 39.9 Å². The minimum Gasteiger partial charge on any atom is -0.398 e. The summed E-state index contributed by atoms with van der Waals surface area (Å²) in [4.78, 5) is 0. The van der Waals surface area contributed by atoms with Gasteiger partial charge in [0, 0.05) is 17.2 Å². The lowest BCUT2D eigenvalue weighted by molar-refractivity contribution is 0.858. The van der Waals surface area contributed by atoms with Gasteiger partial charge in [0.05, 0.1) is 5.71 Å². The zero-order chi connectivity index (χ0) is 30.6. The van der Waals surface area contributed by atoms with Crippen molar-refractivity contribution in [1.29, 1.82) is 10.8 Å². The lowest BCUT2D eigenvalue weighted by Gasteiger charge is -2.21. The zero-order valence-electron chi connectivity index (χ0n) is 24.9. The number of benzene rings is 5. The van der Waals surface area contributed by atoms with Crippen molar-refractivity contribution in [2.45, 2.75) is 26.2 Å². The Kier molecular flexibility index (Phi) is 10.8. The summed E-state index contributed by atoms with van der Waals surface area (Å²) in [6.45, 7) is 6.59. The van der Waals surface area contributed by atoms with E-state index in [1.165, 1.54) is 21.9 Å². The molecule has 0 bridgehead atoms. The van der Waals surface area contributed by atoms with E-state index in [1.54, 1.807) is 0 Å². The Morgan fingerprint density at radius 3 is 2.02 bits per heavy atom. The van der Waals surface area contributed by atoms with Crippen LogP contribution in [0.3, 0.4) is 0 Å². The average Bonchev–Trinajstić information content (AvgIpc) is 3.07. The topological polar surface area (TPSA) is 73.7 Å². The number of nitrogens with two attached hydrogens (primary N) is 1. The number of hydrogen-bond acceptors (Lipinski definition) is 3. The van der Waals surface area contributed by atoms with Gasteiger partial charge in [0.1, 0.15) is 0 Å². The molecule has 4 N–H and O–H groups in total. The summed E-state index contributed by atoms with van der Waals surface area (Å²) in [6, 6.07) is 39.5. The first-order valence-corrected chi connectivity index (χ1v) is 14.5. The summed E-state index contributed by atoms with van der Waals surface area (Å²) < 4.78 is 0. The number of para-hydroxylation sites is 1. The van der Waals surface area contributed by atoms with Crippen LogP contribution in [0.1, 0.15) is 41.5 Å². The number of fused-ring (bicyclic) bond motifs is 1. The van der Waals surface area contributed by atoms with Gasteiger partial charge in [-0.25, -0.2) is 0 Å². The first-order chi connectivity index (χ1) is 21.1. The van der Waals surface area contributed by atoms with Gasteiger partial charge in [-0.2, -0.15) is 0 Å². The van der Waals surface area contributed by atoms with Crippen LogP contribution in [0.2, 0.25) is 0 Å². The smallest absolute Gasteiger partial charge is 0.0681 e. The largest absolute Gasteiger partial charge is 0.398 e. The highest BCUT2D eigenvalue weighted by atomic mass is 14.6. The molecule has 0 heterocycles. The number of aryl methyl sites for hydroxylation is 1. The van der Waals surface area contributed by atoms with Crippen molar-refractivity contribution in [2.24, 2.45) is 0 Å². The highest BCUT2D eigenvalue weighted by Crippen LogP contribution is 2.39. The van der Waals surface area contributed by atoms with Crippen molar-refractivity contribution in [3.05, 3.63) is 167 Å². The zero-order valence-corrected chi connectivity index (χ0v) is 24.9. The molecule has 3 heteroatoms. The van der Waals surface area contributed by atoms with Crippen LogP contribution in [0.25, 0.3) is 28.0 Å². The van der Waals surface area contributed by atoms with Crippen molar-refractivity contribution in [3.63, 3.8) is 0 Å². The molecule has 1 aliphatic rings. The van der Waals surface area contributed by atoms with Gasteiger partial charge in [0.25, 0.3) is 0 Å². The van der Waals surface area contributed by atoms with Gasteiger partial charge in [-0.15, -0.1) is 0 Å². The Hall–Kier alpha value is -5.28. The summed E-state index contributed by atoms with van der Waals surface area (Å²) >= 11 is 0. The molecule has 43 heavy (non-hydrogen) atoms. The average molecular weight is 562 g/mol. The number of allylic oxidation sites excluding steroid dienone is 5. The maximum Gasteiger partial charge on any atom is 0.0681 e. The van der Waals surface area contributed by atoms with E-state index in [1.807, 2.05) is 61.5 Å². The molecule has 1 unspecified atom stereocenters. The van der Waals surface area contributed by atoms with Crippen LogP contribution in [0, 0.1) is 17.7 Å². The maximum atomic E-state index is 8.58. The lowest BCUT2D eigenvalue weighted by Crippen LogP contribution is -2.07. The van der Waals surface area contributed by atoms with Crippen molar-refractivity contribution in [3.8, 4) is 11.1 Å². The van der Waals surface area contributed by atoms with Crippen LogP contribution in [0.4, 0.5) is 5.69 Å². The fourth-order valence-electron chi connectivity index (χ4n) is 5.37. The quantitative estimate of drug-likeness (QED) is 0.145. The van der Waals surface area contributed by atoms with Gasteiger partial charge >= 0.3 is 0 Å². The predicted molar refractivity (Wildman–Crippen MR) is 187 cm³/mol. The molecule has 3 nitrogen and oxygen atoms in total. The molecule has 0 aromatic heterocycles. The number of anilines is 1. The van der Waals surface area contributed by atoms with E-state index < -0.39 is 0 Å². The molecule has 1 atom stereocenters. The normalized spacial score (nSPS) is 13.8. The second-order valence-corrected chi connectivity index (χ2v) is 10.3. The van der Waals surface area contributed by atoms with Crippen LogP contribution in [-0.4, -0.2) is 12.4 Å². The Morgan fingerprint density at radius 2 is 1.42 bits per heavy atom. The van der Waals surface area contributed by atoms with Gasteiger partial charge in [-0.3, -0.25) is 5.41 Å². The first kappa shape index (κ1) is 30.7. The van der Waals surface area contributed by atoms with Gasteiger partial charge < -0.3 is 11.1 Å². The van der Waals surface area contributed by atoms with E-state index in [9.17, 15) is 0 Å². The summed E-state index contributed by atoms with van der Waals surface area (Å²) in [6.07, 6.45) is 11.5. The third kappa shape index (κ3) is 7.33. The highest BCUT2D eigenvalue weighted by molar-refractivity contribution is 6.12. The van der Waals surface area contributed by atoms with E-state index in [4.69, 9.17) is 16.6 Å². The summed E-state index contributed by atoms with van der Waals surface area (Å²) in [7, 11) is 0. The van der Waals surface area contributed by atoms with Crippen molar-refractivity contribution >= 4 is 35.0 Å². The molecular weight excluding hydrogens is 522 g/mol. The monoisotopic (exact) mass is 561 g/mol. The molecule has 0 fully saturated rings. The molecule has 1 aliphatic carbocycles. The Morgan fingerprint density at radius 1 is 0.767 bits per heavy atom. The number of nitrogen functional groups attached to an aromatic ring is 1. The molecular formula is C40H39N3. The molecule has 5 aromatic carbocycles. The number of hydrogen-bond donors (Lipinski definition) is 3. The molecule has 0 radical (unpaired) electrons. The lowest BCUT2D eigenvalue weighted by atomic mass is 9.84. The molecule has 5 aromatic rings. The number of nitrogens with one attached hydrogen (secondary N) is 2. The van der Waals surface area contributed by atoms with Crippen molar-refractivity contribution in [2.75, 3.05) is 5.73 Å². The second-order valence-electron chi connectivity index (χ2n) is 10.3. The minimum atomic E-state index is 0.276. The minimum absolute atomic E-state index is 0.276. The molecule has 6 rings (SSSR count). The van der Waals surface area contributed by atoms with Crippen LogP contribution in [-0.2, 0) is 0 Å². The SMILES string of the molecule is C/C=C\c1cccc(-c2ccc(C3C=CC(C(=N)c4ccccc4)=CC3)c3ccccc23)c1N.C=N.Cc1ccccc1. The molecule has 0 spiro atoms. The Balaban J connectivity index is 0.000000409. The van der Waals surface area contributed by atoms with E-state index in [-0.39, 0.29) is 5.92 Å². The van der Waals surface area contributed by atoms with Gasteiger partial charge in [0.2, 0.25) is 0 Å². The highest BCUT2D eigenvalue weighted by Gasteiger charge is 2.18. The molecule has 0 saturated heterocycles. The fraction of sp³-hybridized carbons (Fsp3) is 0.100. The van der Waals surface area contributed by atoms with Crippen LogP contribution in [0.15, 0.2) is 145 Å². The molecule has 0 amide bonds. The van der Waals surface area contributed by atoms with E-state index in [2.05, 4.69) is 105 Å². The third-order valence-corrected chi connectivity index (χ3v) is 7.52. The van der Waals surface area contributed by atoms with E-state index in [0.29, 0.717) is 5.71 Å². The Bertz CT molecular complexity index is 1760. The maximum absolute atomic E-state index is 8.58. The summed E-state index contributed by atoms with van der Waals surface area (Å²) in [5, 5.41) is 16.5. The molecule has 0 saturated carbocycles. The standard InChI is InChI=1S/C32H28N2.C7H8.CH3N/c1-2-9-23-12-8-15-30(32(23)34)29-21-20-26(27-13-6-7-14-28(27)29)22-16-18-25(19-17-22)31(33)24-10-4-3-5-11-24;1-7-5-3-2-4-6-7;1-2/h2-16,18-22,33H,17,34H2,1H3;2-6H,1H3;2H,1H2/b9-2-,33-31?;;. The van der Waals surface area contributed by atoms with Crippen molar-refractivity contribution in [1.82, 2.24) is 0 Å². The van der Waals surface area contributed by atoms with Crippen LogP contribution in [0.5, 0.6) is 0 Å². The van der Waals surface area contributed by atoms with Crippen LogP contribution >= 0.6 is 0 Å². The van der Waals surface area contributed by atoms with Crippen molar-refractivity contribution < 1.29 is 0 Å². The van der Waals surface area contributed by atoms with Gasteiger partial charge in [-0.1, -0.05) is 151 Å². The van der Waals surface area contributed by atoms with Gasteiger partial charge in [0.15, 0.2) is 0 Å². The second kappa shape index (κ2) is 15.1. The third-order valence-electron chi connectivity index (χ3n) is 7.52. The summed E-state index contributed by atoms with van der Waals surface area (Å²) in [5.41, 5.74) is 15.8. The summed E-state index contributed by atoms with van der Waals surface area (Å²) in [5.74, 6) is 0.276. The predicted octanol–water partition coefficient (Wildman–Crippen LogP) is 10.4. The van der Waals surface area contributed by atoms with Gasteiger partial charge in [-0.05, 0) is 65.6 Å². The fourth-order valence-corrected chi connectivity index (χ4v) is 5.37. The van der Waals surface area contributed by atoms with Crippen LogP contribution < -0.4 is 5.73 Å². The molecule has 0 aliphatic heterocycles.